The molecule has 1 saturated heterocycles. The van der Waals surface area contributed by atoms with Crippen molar-refractivity contribution in [3.05, 3.63) is 65.0 Å². The molecule has 1 fully saturated rings. The van der Waals surface area contributed by atoms with E-state index in [1.807, 2.05) is 39.0 Å². The van der Waals surface area contributed by atoms with Gasteiger partial charge in [0, 0.05) is 38.4 Å². The molecule has 1 atom stereocenters. The average Bonchev–Trinajstić information content (AvgIpc) is 2.77. The second-order valence-corrected chi connectivity index (χ2v) is 8.47. The zero-order valence-electron chi connectivity index (χ0n) is 19.2. The van der Waals surface area contributed by atoms with E-state index in [0.717, 1.165) is 48.6 Å². The summed E-state index contributed by atoms with van der Waals surface area (Å²) in [6, 6.07) is 12.1. The summed E-state index contributed by atoms with van der Waals surface area (Å²) in [6.07, 6.45) is 0.669. The van der Waals surface area contributed by atoms with Gasteiger partial charge in [-0.2, -0.15) is 0 Å². The van der Waals surface area contributed by atoms with E-state index in [4.69, 9.17) is 0 Å². The van der Waals surface area contributed by atoms with Crippen LogP contribution in [0.4, 0.5) is 10.1 Å². The molecule has 6 nitrogen and oxygen atoms in total. The lowest BCUT2D eigenvalue weighted by Gasteiger charge is -2.37. The highest BCUT2D eigenvalue weighted by Gasteiger charge is 2.26. The highest BCUT2D eigenvalue weighted by atomic mass is 19.1. The maximum Gasteiger partial charge on any atom is 0.238 e. The van der Waals surface area contributed by atoms with Crippen molar-refractivity contribution in [3.63, 3.8) is 0 Å². The number of hydrogen-bond donors (Lipinski definition) is 2. The zero-order chi connectivity index (χ0) is 23.1. The molecule has 3 rings (SSSR count). The smallest absolute Gasteiger partial charge is 0.238 e. The number of para-hydroxylation sites is 1. The van der Waals surface area contributed by atoms with E-state index < -0.39 is 0 Å². The topological polar surface area (TPSA) is 64.7 Å². The number of carbonyl (C=O) groups excluding carboxylic acids is 2. The van der Waals surface area contributed by atoms with Crippen molar-refractivity contribution in [2.45, 2.75) is 33.2 Å². The Morgan fingerprint density at radius 3 is 2.25 bits per heavy atom. The number of hydrogen-bond acceptors (Lipinski definition) is 4. The minimum Gasteiger partial charge on any atom is -0.354 e. The van der Waals surface area contributed by atoms with Crippen LogP contribution in [0.1, 0.15) is 23.6 Å². The Morgan fingerprint density at radius 2 is 1.62 bits per heavy atom. The summed E-state index contributed by atoms with van der Waals surface area (Å²) in [4.78, 5) is 29.3. The van der Waals surface area contributed by atoms with E-state index in [2.05, 4.69) is 20.4 Å². The summed E-state index contributed by atoms with van der Waals surface area (Å²) in [6.45, 7) is 9.73. The lowest BCUT2D eigenvalue weighted by atomic mass is 10.1. The van der Waals surface area contributed by atoms with Crippen molar-refractivity contribution < 1.29 is 14.0 Å². The fourth-order valence-electron chi connectivity index (χ4n) is 4.00. The first-order chi connectivity index (χ1) is 15.3. The van der Waals surface area contributed by atoms with Crippen LogP contribution in [0.25, 0.3) is 0 Å². The average molecular weight is 441 g/mol. The normalized spacial score (nSPS) is 15.9. The molecule has 0 spiro atoms. The Hall–Kier alpha value is -2.77. The molecule has 172 valence electrons. The molecule has 2 N–H and O–H groups in total. The maximum absolute atomic E-state index is 13.0. The van der Waals surface area contributed by atoms with Gasteiger partial charge >= 0.3 is 0 Å². The van der Waals surface area contributed by atoms with Gasteiger partial charge in [0.2, 0.25) is 11.8 Å². The molecule has 2 aromatic rings. The first kappa shape index (κ1) is 23.9. The Labute approximate surface area is 189 Å². The number of piperazine rings is 1. The molecule has 1 aliphatic rings. The lowest BCUT2D eigenvalue weighted by molar-refractivity contribution is -0.127. The molecular weight excluding hydrogens is 407 g/mol. The number of nitrogens with zero attached hydrogens (tertiary/aromatic N) is 2. The van der Waals surface area contributed by atoms with E-state index >= 15 is 0 Å². The van der Waals surface area contributed by atoms with Crippen LogP contribution in [-0.4, -0.2) is 66.9 Å². The van der Waals surface area contributed by atoms with Gasteiger partial charge in [-0.25, -0.2) is 4.39 Å². The number of aryl methyl sites for hydroxylation is 2. The van der Waals surface area contributed by atoms with E-state index in [1.165, 1.54) is 12.1 Å². The van der Waals surface area contributed by atoms with Crippen molar-refractivity contribution >= 4 is 17.5 Å². The van der Waals surface area contributed by atoms with Gasteiger partial charge < -0.3 is 10.6 Å². The van der Waals surface area contributed by atoms with E-state index in [-0.39, 0.29) is 23.7 Å². The molecule has 0 saturated carbocycles. The summed E-state index contributed by atoms with van der Waals surface area (Å²) >= 11 is 0. The highest BCUT2D eigenvalue weighted by molar-refractivity contribution is 5.93. The summed E-state index contributed by atoms with van der Waals surface area (Å²) < 4.78 is 13.0. The Morgan fingerprint density at radius 1 is 1.00 bits per heavy atom. The number of amides is 2. The van der Waals surface area contributed by atoms with Crippen molar-refractivity contribution in [1.29, 1.82) is 0 Å². The van der Waals surface area contributed by atoms with Crippen LogP contribution >= 0.6 is 0 Å². The minimum atomic E-state index is -0.256. The molecule has 0 bridgehead atoms. The molecule has 1 aliphatic heterocycles. The third-order valence-electron chi connectivity index (χ3n) is 6.07. The zero-order valence-corrected chi connectivity index (χ0v) is 19.2. The quantitative estimate of drug-likeness (QED) is 0.663. The van der Waals surface area contributed by atoms with Crippen LogP contribution in [0.2, 0.25) is 0 Å². The third-order valence-corrected chi connectivity index (χ3v) is 6.07. The molecule has 2 amide bonds. The van der Waals surface area contributed by atoms with E-state index in [9.17, 15) is 14.0 Å². The maximum atomic E-state index is 13.0. The van der Waals surface area contributed by atoms with Crippen molar-refractivity contribution in [3.8, 4) is 0 Å². The number of benzene rings is 2. The summed E-state index contributed by atoms with van der Waals surface area (Å²) in [5.41, 5.74) is 4.00. The van der Waals surface area contributed by atoms with Gasteiger partial charge in [-0.15, -0.1) is 0 Å². The third kappa shape index (κ3) is 6.61. The number of carbonyl (C=O) groups is 2. The highest BCUT2D eigenvalue weighted by Crippen LogP contribution is 2.19. The van der Waals surface area contributed by atoms with Crippen molar-refractivity contribution in [2.24, 2.45) is 0 Å². The lowest BCUT2D eigenvalue weighted by Crippen LogP contribution is -2.54. The molecule has 7 heteroatoms. The Balaban J connectivity index is 1.39. The van der Waals surface area contributed by atoms with Gasteiger partial charge in [0.25, 0.3) is 0 Å². The van der Waals surface area contributed by atoms with Crippen LogP contribution in [0.5, 0.6) is 0 Å². The number of nitrogens with one attached hydrogen (secondary N) is 2. The number of halogens is 1. The number of anilines is 1. The second-order valence-electron chi connectivity index (χ2n) is 8.47. The van der Waals surface area contributed by atoms with Crippen LogP contribution in [0.15, 0.2) is 42.5 Å². The molecular formula is C25H33FN4O2. The van der Waals surface area contributed by atoms with Gasteiger partial charge in [-0.1, -0.05) is 30.3 Å². The van der Waals surface area contributed by atoms with Crippen LogP contribution < -0.4 is 10.6 Å². The number of rotatable bonds is 8. The van der Waals surface area contributed by atoms with Crippen LogP contribution in [0, 0.1) is 19.7 Å². The monoisotopic (exact) mass is 440 g/mol. The predicted octanol–water partition coefficient (Wildman–Crippen LogP) is 2.75. The second kappa shape index (κ2) is 11.2. The summed E-state index contributed by atoms with van der Waals surface area (Å²) in [5.74, 6) is -0.274. The predicted molar refractivity (Wildman–Crippen MR) is 125 cm³/mol. The summed E-state index contributed by atoms with van der Waals surface area (Å²) in [7, 11) is 0. The van der Waals surface area contributed by atoms with Gasteiger partial charge in [0.05, 0.1) is 12.6 Å². The fourth-order valence-corrected chi connectivity index (χ4v) is 4.00. The van der Waals surface area contributed by atoms with Gasteiger partial charge in [0.15, 0.2) is 0 Å². The van der Waals surface area contributed by atoms with E-state index in [1.54, 1.807) is 12.1 Å². The van der Waals surface area contributed by atoms with Crippen LogP contribution in [-0.2, 0) is 16.0 Å². The van der Waals surface area contributed by atoms with Gasteiger partial charge in [0.1, 0.15) is 5.82 Å². The molecule has 0 radical (unpaired) electrons. The summed E-state index contributed by atoms with van der Waals surface area (Å²) in [5, 5.41) is 6.01. The molecule has 32 heavy (non-hydrogen) atoms. The van der Waals surface area contributed by atoms with Crippen LogP contribution in [0.3, 0.4) is 0 Å². The van der Waals surface area contributed by atoms with Crippen molar-refractivity contribution in [1.82, 2.24) is 15.1 Å². The van der Waals surface area contributed by atoms with Gasteiger partial charge in [-0.3, -0.25) is 19.4 Å². The van der Waals surface area contributed by atoms with E-state index in [0.29, 0.717) is 19.5 Å². The molecule has 2 aromatic carbocycles. The van der Waals surface area contributed by atoms with Gasteiger partial charge in [-0.05, 0) is 56.0 Å². The molecule has 0 aliphatic carbocycles. The molecule has 0 unspecified atom stereocenters. The Bertz CT molecular complexity index is 904. The first-order valence-electron chi connectivity index (χ1n) is 11.2. The standard InChI is InChI=1S/C25H33FN4O2/c1-18-5-4-6-19(2)24(18)28-23(31)17-29-13-15-30(16-14-29)20(3)25(32)27-12-11-21-7-9-22(26)10-8-21/h4-10,20H,11-17H2,1-3H3,(H,27,32)(H,28,31)/t20-/m1/s1. The Kier molecular flexibility index (Phi) is 8.36. The minimum absolute atomic E-state index is 0.00617. The molecule has 1 heterocycles. The molecule has 0 aromatic heterocycles. The fraction of sp³-hybridized carbons (Fsp3) is 0.440. The largest absolute Gasteiger partial charge is 0.354 e. The SMILES string of the molecule is Cc1cccc(C)c1NC(=O)CN1CCN([C@H](C)C(=O)NCCc2ccc(F)cc2)CC1. The van der Waals surface area contributed by atoms with Crippen molar-refractivity contribution in [2.75, 3.05) is 44.6 Å². The first-order valence-corrected chi connectivity index (χ1v) is 11.2.